The molecule has 2 aliphatic rings. The molecule has 1 saturated heterocycles. The first kappa shape index (κ1) is 12.1. The highest BCUT2D eigenvalue weighted by Crippen LogP contribution is 2.39. The van der Waals surface area contributed by atoms with Gasteiger partial charge in [0.1, 0.15) is 12.1 Å². The van der Waals surface area contributed by atoms with Crippen LogP contribution in [0.3, 0.4) is 0 Å². The molecule has 98 valence electrons. The van der Waals surface area contributed by atoms with Gasteiger partial charge in [-0.25, -0.2) is 9.97 Å². The van der Waals surface area contributed by atoms with Gasteiger partial charge in [-0.2, -0.15) is 0 Å². The summed E-state index contributed by atoms with van der Waals surface area (Å²) in [6.45, 7) is 5.04. The minimum atomic E-state index is -0.696. The number of anilines is 1. The Kier molecular flexibility index (Phi) is 3.09. The van der Waals surface area contributed by atoms with E-state index in [1.807, 2.05) is 0 Å². The van der Waals surface area contributed by atoms with Gasteiger partial charge in [0.05, 0.1) is 5.25 Å². The summed E-state index contributed by atoms with van der Waals surface area (Å²) < 4.78 is 11.8. The lowest BCUT2D eigenvalue weighted by molar-refractivity contribution is 0.584. The van der Waals surface area contributed by atoms with Gasteiger partial charge >= 0.3 is 0 Å². The minimum Gasteiger partial charge on any atom is -0.352 e. The maximum atomic E-state index is 11.8. The normalized spacial score (nSPS) is 32.6. The Morgan fingerprint density at radius 3 is 2.83 bits per heavy atom. The average molecular weight is 265 g/mol. The molecule has 1 aromatic heterocycles. The highest BCUT2D eigenvalue weighted by Gasteiger charge is 2.32. The third-order valence-electron chi connectivity index (χ3n) is 4.08. The summed E-state index contributed by atoms with van der Waals surface area (Å²) in [4.78, 5) is 11.0. The third-order valence-corrected chi connectivity index (χ3v) is 5.89. The largest absolute Gasteiger partial charge is 0.352 e. The van der Waals surface area contributed by atoms with Gasteiger partial charge in [-0.3, -0.25) is 4.21 Å². The molecule has 1 saturated carbocycles. The van der Waals surface area contributed by atoms with E-state index in [0.717, 1.165) is 18.1 Å². The molecule has 3 rings (SSSR count). The topological polar surface area (TPSA) is 46.1 Å². The average Bonchev–Trinajstić information content (AvgIpc) is 3.21. The van der Waals surface area contributed by atoms with Crippen molar-refractivity contribution in [3.05, 3.63) is 18.1 Å². The molecular formula is C13H19N3OS. The van der Waals surface area contributed by atoms with Gasteiger partial charge in [0.25, 0.3) is 0 Å². The van der Waals surface area contributed by atoms with Crippen LogP contribution in [0.2, 0.25) is 0 Å². The van der Waals surface area contributed by atoms with Crippen LogP contribution in [0.1, 0.15) is 38.3 Å². The van der Waals surface area contributed by atoms with Gasteiger partial charge in [-0.05, 0) is 26.7 Å². The van der Waals surface area contributed by atoms with E-state index < -0.39 is 10.8 Å². The van der Waals surface area contributed by atoms with Gasteiger partial charge in [-0.15, -0.1) is 0 Å². The molecule has 0 bridgehead atoms. The lowest BCUT2D eigenvalue weighted by Gasteiger charge is -2.38. The van der Waals surface area contributed by atoms with Crippen LogP contribution in [0, 0.1) is 0 Å². The molecule has 1 aliphatic carbocycles. The van der Waals surface area contributed by atoms with E-state index >= 15 is 0 Å². The summed E-state index contributed by atoms with van der Waals surface area (Å²) in [5.41, 5.74) is 1.17. The number of hydrogen-bond acceptors (Lipinski definition) is 4. The van der Waals surface area contributed by atoms with Crippen molar-refractivity contribution in [3.63, 3.8) is 0 Å². The van der Waals surface area contributed by atoms with Crippen molar-refractivity contribution in [2.45, 2.75) is 43.9 Å². The van der Waals surface area contributed by atoms with Crippen molar-refractivity contribution in [2.75, 3.05) is 17.2 Å². The SMILES string of the molecule is CC1C(C)S(=O)CCN1c1cc(C2CC2)ncn1. The van der Waals surface area contributed by atoms with E-state index in [1.165, 1.54) is 18.5 Å². The minimum absolute atomic E-state index is 0.207. The Morgan fingerprint density at radius 1 is 1.33 bits per heavy atom. The number of rotatable bonds is 2. The Bertz CT molecular complexity index is 475. The van der Waals surface area contributed by atoms with Crippen molar-refractivity contribution in [2.24, 2.45) is 0 Å². The molecule has 2 fully saturated rings. The number of hydrogen-bond donors (Lipinski definition) is 0. The smallest absolute Gasteiger partial charge is 0.132 e. The molecule has 1 aromatic rings. The highest BCUT2D eigenvalue weighted by molar-refractivity contribution is 7.85. The van der Waals surface area contributed by atoms with E-state index in [0.29, 0.717) is 5.92 Å². The lowest BCUT2D eigenvalue weighted by Crippen LogP contribution is -2.50. The first-order chi connectivity index (χ1) is 8.66. The van der Waals surface area contributed by atoms with Crippen molar-refractivity contribution in [1.29, 1.82) is 0 Å². The van der Waals surface area contributed by atoms with Crippen LogP contribution in [0.15, 0.2) is 12.4 Å². The van der Waals surface area contributed by atoms with Gasteiger partial charge in [-0.1, -0.05) is 0 Å². The Balaban J connectivity index is 1.85. The second kappa shape index (κ2) is 4.61. The van der Waals surface area contributed by atoms with Crippen molar-refractivity contribution < 1.29 is 4.21 Å². The van der Waals surface area contributed by atoms with Gasteiger partial charge in [0.2, 0.25) is 0 Å². The maximum absolute atomic E-state index is 11.8. The van der Waals surface area contributed by atoms with Gasteiger partial charge < -0.3 is 4.90 Å². The summed E-state index contributed by atoms with van der Waals surface area (Å²) in [5, 5.41) is 0.207. The predicted molar refractivity (Wildman–Crippen MR) is 73.3 cm³/mol. The quantitative estimate of drug-likeness (QED) is 0.816. The monoisotopic (exact) mass is 265 g/mol. The summed E-state index contributed by atoms with van der Waals surface area (Å²) in [5.74, 6) is 2.40. The summed E-state index contributed by atoms with van der Waals surface area (Å²) >= 11 is 0. The predicted octanol–water partition coefficient (Wildman–Crippen LogP) is 1.70. The molecule has 4 nitrogen and oxygen atoms in total. The molecule has 0 aromatic carbocycles. The van der Waals surface area contributed by atoms with Gasteiger partial charge in [0.15, 0.2) is 0 Å². The summed E-state index contributed by atoms with van der Waals surface area (Å²) in [6.07, 6.45) is 4.19. The van der Waals surface area contributed by atoms with Crippen LogP contribution in [0.5, 0.6) is 0 Å². The first-order valence-corrected chi connectivity index (χ1v) is 8.01. The zero-order valence-electron chi connectivity index (χ0n) is 10.9. The first-order valence-electron chi connectivity index (χ1n) is 6.62. The van der Waals surface area contributed by atoms with Crippen molar-refractivity contribution >= 4 is 16.6 Å². The molecule has 3 atom stereocenters. The fourth-order valence-electron chi connectivity index (χ4n) is 2.50. The Labute approximate surface area is 110 Å². The van der Waals surface area contributed by atoms with Crippen LogP contribution >= 0.6 is 0 Å². The van der Waals surface area contributed by atoms with Crippen LogP contribution in [-0.2, 0) is 10.8 Å². The Morgan fingerprint density at radius 2 is 2.11 bits per heavy atom. The molecule has 0 amide bonds. The van der Waals surface area contributed by atoms with E-state index in [9.17, 15) is 4.21 Å². The fourth-order valence-corrected chi connectivity index (χ4v) is 3.83. The molecule has 18 heavy (non-hydrogen) atoms. The Hall–Kier alpha value is -0.970. The zero-order valence-corrected chi connectivity index (χ0v) is 11.7. The summed E-state index contributed by atoms with van der Waals surface area (Å²) in [7, 11) is -0.696. The molecule has 3 unspecified atom stereocenters. The van der Waals surface area contributed by atoms with E-state index in [1.54, 1.807) is 6.33 Å². The van der Waals surface area contributed by atoms with Crippen LogP contribution in [-0.4, -0.2) is 37.8 Å². The number of nitrogens with zero attached hydrogens (tertiary/aromatic N) is 3. The van der Waals surface area contributed by atoms with Crippen molar-refractivity contribution in [1.82, 2.24) is 9.97 Å². The molecule has 0 radical (unpaired) electrons. The zero-order chi connectivity index (χ0) is 12.7. The second-order valence-corrected chi connectivity index (χ2v) is 7.21. The van der Waals surface area contributed by atoms with Gasteiger partial charge in [0, 0.05) is 46.8 Å². The van der Waals surface area contributed by atoms with Crippen LogP contribution < -0.4 is 4.90 Å². The molecule has 0 N–H and O–H groups in total. The molecule has 0 spiro atoms. The van der Waals surface area contributed by atoms with E-state index in [4.69, 9.17) is 0 Å². The molecule has 5 heteroatoms. The van der Waals surface area contributed by atoms with Crippen LogP contribution in [0.4, 0.5) is 5.82 Å². The standard InChI is InChI=1S/C13H19N3OS/c1-9-10(2)18(17)6-5-16(9)13-7-12(11-3-4-11)14-8-15-13/h7-11H,3-6H2,1-2H3. The molecule has 1 aliphatic heterocycles. The van der Waals surface area contributed by atoms with E-state index in [2.05, 4.69) is 34.8 Å². The molecular weight excluding hydrogens is 246 g/mol. The maximum Gasteiger partial charge on any atom is 0.132 e. The van der Waals surface area contributed by atoms with Crippen molar-refractivity contribution in [3.8, 4) is 0 Å². The highest BCUT2D eigenvalue weighted by atomic mass is 32.2. The van der Waals surface area contributed by atoms with E-state index in [-0.39, 0.29) is 11.3 Å². The fraction of sp³-hybridized carbons (Fsp3) is 0.692. The number of aromatic nitrogens is 2. The third kappa shape index (κ3) is 2.16. The van der Waals surface area contributed by atoms with Crippen LogP contribution in [0.25, 0.3) is 0 Å². The molecule has 2 heterocycles. The second-order valence-electron chi connectivity index (χ2n) is 5.30. The summed E-state index contributed by atoms with van der Waals surface area (Å²) in [6, 6.07) is 2.40. The lowest BCUT2D eigenvalue weighted by atomic mass is 10.2.